The first kappa shape index (κ1) is 23.6. The van der Waals surface area contributed by atoms with E-state index in [-0.39, 0.29) is 29.0 Å². The van der Waals surface area contributed by atoms with Crippen molar-refractivity contribution in [3.63, 3.8) is 0 Å². The average molecular weight is 473 g/mol. The van der Waals surface area contributed by atoms with Gasteiger partial charge in [0, 0.05) is 6.54 Å². The predicted octanol–water partition coefficient (Wildman–Crippen LogP) is 4.02. The number of aliphatic hydroxyl groups excluding tert-OH is 1. The van der Waals surface area contributed by atoms with Crippen molar-refractivity contribution in [1.29, 1.82) is 0 Å². The number of Topliss-reactive ketones (excluding diaryl/α,β-unsaturated/α-hetero) is 1. The Balaban J connectivity index is 1.86. The van der Waals surface area contributed by atoms with Crippen LogP contribution in [0, 0.1) is 0 Å². The standard InChI is InChI=1S/C27H23NO7/c1-34-19-7-5-6-18(14-19)23-22(24(29)20-8-3-4-9-21(20)35-2)25(30)26(31)28(23)15-16-10-12-17(13-11-16)27(32)33/h3-14,23,29H,15H2,1-2H3,(H,32,33)/b24-22+. The van der Waals surface area contributed by atoms with Crippen molar-refractivity contribution >= 4 is 23.4 Å². The van der Waals surface area contributed by atoms with Crippen LogP contribution in [0.4, 0.5) is 0 Å². The van der Waals surface area contributed by atoms with E-state index in [0.29, 0.717) is 22.6 Å². The zero-order valence-corrected chi connectivity index (χ0v) is 19.1. The van der Waals surface area contributed by atoms with Gasteiger partial charge in [0.15, 0.2) is 0 Å². The van der Waals surface area contributed by atoms with Gasteiger partial charge in [-0.05, 0) is 47.5 Å². The second-order valence-electron chi connectivity index (χ2n) is 7.91. The SMILES string of the molecule is COc1cccc(C2/C(=C(\O)c3ccccc3OC)C(=O)C(=O)N2Cc2ccc(C(=O)O)cc2)c1. The van der Waals surface area contributed by atoms with E-state index in [2.05, 4.69) is 0 Å². The maximum Gasteiger partial charge on any atom is 0.335 e. The van der Waals surface area contributed by atoms with Gasteiger partial charge < -0.3 is 24.6 Å². The molecule has 2 N–H and O–H groups in total. The number of para-hydroxylation sites is 1. The zero-order valence-electron chi connectivity index (χ0n) is 19.1. The molecule has 0 bridgehead atoms. The first-order valence-electron chi connectivity index (χ1n) is 10.7. The lowest BCUT2D eigenvalue weighted by Gasteiger charge is -2.26. The molecule has 0 radical (unpaired) electrons. The summed E-state index contributed by atoms with van der Waals surface area (Å²) in [5.41, 5.74) is 1.52. The summed E-state index contributed by atoms with van der Waals surface area (Å²) in [4.78, 5) is 39.0. The fraction of sp³-hybridized carbons (Fsp3) is 0.148. The summed E-state index contributed by atoms with van der Waals surface area (Å²) in [7, 11) is 2.96. The Morgan fingerprint density at radius 3 is 2.29 bits per heavy atom. The van der Waals surface area contributed by atoms with Gasteiger partial charge in [0.25, 0.3) is 11.7 Å². The molecule has 1 heterocycles. The second kappa shape index (κ2) is 9.72. The van der Waals surface area contributed by atoms with E-state index < -0.39 is 23.7 Å². The molecule has 1 saturated heterocycles. The molecule has 35 heavy (non-hydrogen) atoms. The quantitative estimate of drug-likeness (QED) is 0.303. The third kappa shape index (κ3) is 4.46. The van der Waals surface area contributed by atoms with Gasteiger partial charge in [-0.3, -0.25) is 9.59 Å². The van der Waals surface area contributed by atoms with Crippen LogP contribution in [0.5, 0.6) is 11.5 Å². The van der Waals surface area contributed by atoms with Gasteiger partial charge in [-0.1, -0.05) is 36.4 Å². The molecule has 1 fully saturated rings. The van der Waals surface area contributed by atoms with E-state index in [1.54, 1.807) is 60.7 Å². The smallest absolute Gasteiger partial charge is 0.335 e. The summed E-state index contributed by atoms with van der Waals surface area (Å²) >= 11 is 0. The number of hydrogen-bond donors (Lipinski definition) is 2. The number of hydrogen-bond acceptors (Lipinski definition) is 6. The molecule has 1 aliphatic rings. The lowest BCUT2D eigenvalue weighted by molar-refractivity contribution is -0.140. The van der Waals surface area contributed by atoms with Crippen molar-refractivity contribution in [3.05, 3.63) is 101 Å². The number of aliphatic hydroxyl groups is 1. The van der Waals surface area contributed by atoms with Crippen LogP contribution < -0.4 is 9.47 Å². The van der Waals surface area contributed by atoms with Gasteiger partial charge in [-0.15, -0.1) is 0 Å². The Morgan fingerprint density at radius 2 is 1.63 bits per heavy atom. The molecule has 3 aromatic rings. The number of nitrogens with zero attached hydrogens (tertiary/aromatic N) is 1. The van der Waals surface area contributed by atoms with Crippen molar-refractivity contribution < 1.29 is 34.1 Å². The van der Waals surface area contributed by atoms with Crippen LogP contribution >= 0.6 is 0 Å². The fourth-order valence-corrected chi connectivity index (χ4v) is 4.14. The van der Waals surface area contributed by atoms with Gasteiger partial charge in [0.1, 0.15) is 17.3 Å². The van der Waals surface area contributed by atoms with Crippen molar-refractivity contribution in [2.45, 2.75) is 12.6 Å². The van der Waals surface area contributed by atoms with Crippen LogP contribution in [0.25, 0.3) is 5.76 Å². The number of ether oxygens (including phenoxy) is 2. The molecule has 0 spiro atoms. The van der Waals surface area contributed by atoms with Crippen LogP contribution in [-0.2, 0) is 16.1 Å². The molecule has 1 aliphatic heterocycles. The van der Waals surface area contributed by atoms with E-state index in [9.17, 15) is 19.5 Å². The van der Waals surface area contributed by atoms with Crippen LogP contribution in [0.15, 0.2) is 78.4 Å². The number of carboxylic acids is 1. The zero-order chi connectivity index (χ0) is 25.1. The van der Waals surface area contributed by atoms with Gasteiger partial charge >= 0.3 is 5.97 Å². The number of carboxylic acid groups (broad SMARTS) is 1. The Labute approximate surface area is 201 Å². The minimum absolute atomic E-state index is 0.0229. The third-order valence-electron chi connectivity index (χ3n) is 5.87. The molecular weight excluding hydrogens is 450 g/mol. The number of rotatable bonds is 7. The number of likely N-dealkylation sites (tertiary alicyclic amines) is 1. The number of aromatic carboxylic acids is 1. The topological polar surface area (TPSA) is 113 Å². The van der Waals surface area contributed by atoms with Crippen LogP contribution in [0.2, 0.25) is 0 Å². The number of carbonyl (C=O) groups excluding carboxylic acids is 2. The maximum atomic E-state index is 13.2. The molecule has 1 unspecified atom stereocenters. The molecule has 0 aliphatic carbocycles. The summed E-state index contributed by atoms with van der Waals surface area (Å²) in [5.74, 6) is -2.15. The third-order valence-corrected chi connectivity index (χ3v) is 5.87. The van der Waals surface area contributed by atoms with Crippen molar-refractivity contribution in [2.24, 2.45) is 0 Å². The highest BCUT2D eigenvalue weighted by atomic mass is 16.5. The molecule has 0 aromatic heterocycles. The molecule has 3 aromatic carbocycles. The second-order valence-corrected chi connectivity index (χ2v) is 7.91. The highest BCUT2D eigenvalue weighted by Gasteiger charge is 2.46. The summed E-state index contributed by atoms with van der Waals surface area (Å²) < 4.78 is 10.7. The molecule has 0 saturated carbocycles. The minimum Gasteiger partial charge on any atom is -0.507 e. The average Bonchev–Trinajstić information content (AvgIpc) is 3.13. The van der Waals surface area contributed by atoms with Gasteiger partial charge in [0.2, 0.25) is 0 Å². The van der Waals surface area contributed by atoms with Crippen LogP contribution in [0.1, 0.15) is 33.1 Å². The normalized spacial score (nSPS) is 16.9. The highest BCUT2D eigenvalue weighted by Crippen LogP contribution is 2.42. The van der Waals surface area contributed by atoms with Crippen molar-refractivity contribution in [2.75, 3.05) is 14.2 Å². The minimum atomic E-state index is -1.06. The van der Waals surface area contributed by atoms with Crippen LogP contribution in [0.3, 0.4) is 0 Å². The number of carbonyl (C=O) groups is 3. The summed E-state index contributed by atoms with van der Waals surface area (Å²) in [6.45, 7) is 0.0229. The van der Waals surface area contributed by atoms with E-state index in [4.69, 9.17) is 14.6 Å². The maximum absolute atomic E-state index is 13.2. The van der Waals surface area contributed by atoms with Crippen molar-refractivity contribution in [3.8, 4) is 11.5 Å². The summed E-state index contributed by atoms with van der Waals surface area (Å²) in [6, 6.07) is 18.7. The number of methoxy groups -OCH3 is 2. The molecular formula is C27H23NO7. The highest BCUT2D eigenvalue weighted by molar-refractivity contribution is 6.46. The summed E-state index contributed by atoms with van der Waals surface area (Å²) in [5, 5.41) is 20.4. The molecule has 1 amide bonds. The number of amides is 1. The Morgan fingerprint density at radius 1 is 0.914 bits per heavy atom. The predicted molar refractivity (Wildman–Crippen MR) is 127 cm³/mol. The van der Waals surface area contributed by atoms with Crippen molar-refractivity contribution in [1.82, 2.24) is 4.90 Å². The molecule has 1 atom stereocenters. The first-order valence-corrected chi connectivity index (χ1v) is 10.7. The lowest BCUT2D eigenvalue weighted by Crippen LogP contribution is -2.29. The van der Waals surface area contributed by atoms with E-state index in [0.717, 1.165) is 0 Å². The number of ketones is 1. The largest absolute Gasteiger partial charge is 0.507 e. The fourth-order valence-electron chi connectivity index (χ4n) is 4.14. The van der Waals surface area contributed by atoms with Crippen LogP contribution in [-0.4, -0.2) is 47.0 Å². The molecule has 178 valence electrons. The molecule has 4 rings (SSSR count). The molecule has 8 nitrogen and oxygen atoms in total. The molecule has 8 heteroatoms. The van der Waals surface area contributed by atoms with Gasteiger partial charge in [-0.25, -0.2) is 4.79 Å². The van der Waals surface area contributed by atoms with Gasteiger partial charge in [-0.2, -0.15) is 0 Å². The van der Waals surface area contributed by atoms with E-state index >= 15 is 0 Å². The Kier molecular flexibility index (Phi) is 6.55. The number of benzene rings is 3. The van der Waals surface area contributed by atoms with E-state index in [1.165, 1.54) is 31.3 Å². The monoisotopic (exact) mass is 473 g/mol. The Hall–Kier alpha value is -4.59. The first-order chi connectivity index (χ1) is 16.8. The lowest BCUT2D eigenvalue weighted by atomic mass is 9.94. The Bertz CT molecular complexity index is 1330. The summed E-state index contributed by atoms with van der Waals surface area (Å²) in [6.07, 6.45) is 0. The van der Waals surface area contributed by atoms with E-state index in [1.807, 2.05) is 0 Å². The van der Waals surface area contributed by atoms with Gasteiger partial charge in [0.05, 0.1) is 37.0 Å².